The molecule has 2 rings (SSSR count). The molecule has 0 aliphatic heterocycles. The van der Waals surface area contributed by atoms with Crippen LogP contribution in [0, 0.1) is 0 Å². The quantitative estimate of drug-likeness (QED) is 0.936. The smallest absolute Gasteiger partial charge is 0.124 e. The molecule has 1 atom stereocenters. The van der Waals surface area contributed by atoms with Gasteiger partial charge in [-0.15, -0.1) is 0 Å². The fourth-order valence-corrected chi connectivity index (χ4v) is 2.30. The summed E-state index contributed by atoms with van der Waals surface area (Å²) in [5.74, 6) is 1.47. The number of benzene rings is 2. The van der Waals surface area contributed by atoms with Gasteiger partial charge in [-0.05, 0) is 42.8 Å². The van der Waals surface area contributed by atoms with Crippen LogP contribution >= 0.6 is 11.6 Å². The van der Waals surface area contributed by atoms with Crippen LogP contribution in [0.1, 0.15) is 18.1 Å². The number of nitrogens with two attached hydrogens (primary N) is 1. The summed E-state index contributed by atoms with van der Waals surface area (Å²) in [6, 6.07) is 13.1. The van der Waals surface area contributed by atoms with Gasteiger partial charge >= 0.3 is 0 Å². The van der Waals surface area contributed by atoms with Crippen molar-refractivity contribution in [2.24, 2.45) is 5.73 Å². The Labute approximate surface area is 124 Å². The zero-order valence-electron chi connectivity index (χ0n) is 11.8. The van der Waals surface area contributed by atoms with E-state index in [4.69, 9.17) is 26.8 Å². The number of hydrogen-bond acceptors (Lipinski definition) is 3. The van der Waals surface area contributed by atoms with Crippen LogP contribution in [0.3, 0.4) is 0 Å². The van der Waals surface area contributed by atoms with Gasteiger partial charge in [-0.2, -0.15) is 0 Å². The predicted octanol–water partition coefficient (Wildman–Crippen LogP) is 3.58. The van der Waals surface area contributed by atoms with Gasteiger partial charge in [0.1, 0.15) is 11.5 Å². The lowest BCUT2D eigenvalue weighted by Gasteiger charge is -2.28. The minimum Gasteiger partial charge on any atom is -0.497 e. The summed E-state index contributed by atoms with van der Waals surface area (Å²) in [7, 11) is 3.25. The lowest BCUT2D eigenvalue weighted by molar-refractivity contribution is 0.389. The third-order valence-corrected chi connectivity index (χ3v) is 3.66. The first-order valence-corrected chi connectivity index (χ1v) is 6.64. The Bertz CT molecular complexity index is 594. The number of methoxy groups -OCH3 is 2. The van der Waals surface area contributed by atoms with Crippen molar-refractivity contribution in [2.45, 2.75) is 12.5 Å². The second kappa shape index (κ2) is 5.73. The van der Waals surface area contributed by atoms with Crippen molar-refractivity contribution in [3.05, 3.63) is 58.6 Å². The van der Waals surface area contributed by atoms with Gasteiger partial charge in [0.25, 0.3) is 0 Å². The molecule has 0 spiro atoms. The van der Waals surface area contributed by atoms with Gasteiger partial charge < -0.3 is 15.2 Å². The number of halogens is 1. The van der Waals surface area contributed by atoms with Gasteiger partial charge in [-0.3, -0.25) is 0 Å². The standard InChI is InChI=1S/C16H18ClNO2/c1-16(18,11-4-6-12(17)7-5-11)14-10-13(19-2)8-9-15(14)20-3/h4-10H,18H2,1-3H3. The Morgan fingerprint density at radius 3 is 2.20 bits per heavy atom. The minimum atomic E-state index is -0.704. The minimum absolute atomic E-state index is 0.683. The van der Waals surface area contributed by atoms with Crippen LogP contribution in [-0.4, -0.2) is 14.2 Å². The van der Waals surface area contributed by atoms with E-state index in [9.17, 15) is 0 Å². The first kappa shape index (κ1) is 14.7. The molecule has 106 valence electrons. The van der Waals surface area contributed by atoms with Crippen molar-refractivity contribution >= 4 is 11.6 Å². The van der Waals surface area contributed by atoms with Crippen molar-refractivity contribution < 1.29 is 9.47 Å². The Kier molecular flexibility index (Phi) is 4.21. The predicted molar refractivity (Wildman–Crippen MR) is 81.6 cm³/mol. The highest BCUT2D eigenvalue weighted by Gasteiger charge is 2.27. The molecule has 2 aromatic carbocycles. The first-order chi connectivity index (χ1) is 9.48. The highest BCUT2D eigenvalue weighted by atomic mass is 35.5. The molecule has 3 nitrogen and oxygen atoms in total. The van der Waals surface area contributed by atoms with Crippen molar-refractivity contribution in [1.29, 1.82) is 0 Å². The molecule has 0 aliphatic rings. The first-order valence-electron chi connectivity index (χ1n) is 6.26. The molecule has 4 heteroatoms. The summed E-state index contributed by atoms with van der Waals surface area (Å²) in [6.07, 6.45) is 0. The Hall–Kier alpha value is -1.71. The normalized spacial score (nSPS) is 13.7. The average Bonchev–Trinajstić information content (AvgIpc) is 2.47. The van der Waals surface area contributed by atoms with Crippen molar-refractivity contribution in [3.63, 3.8) is 0 Å². The van der Waals surface area contributed by atoms with Gasteiger partial charge in [-0.25, -0.2) is 0 Å². The van der Waals surface area contributed by atoms with Gasteiger partial charge in [-0.1, -0.05) is 23.7 Å². The SMILES string of the molecule is COc1ccc(OC)c(C(C)(N)c2ccc(Cl)cc2)c1. The second-order valence-electron chi connectivity index (χ2n) is 4.78. The van der Waals surface area contributed by atoms with E-state index in [1.165, 1.54) is 0 Å². The zero-order chi connectivity index (χ0) is 14.8. The van der Waals surface area contributed by atoms with Crippen LogP contribution in [-0.2, 0) is 5.54 Å². The van der Waals surface area contributed by atoms with Crippen LogP contribution < -0.4 is 15.2 Å². The molecule has 0 saturated carbocycles. The molecule has 0 bridgehead atoms. The van der Waals surface area contributed by atoms with Gasteiger partial charge in [0.2, 0.25) is 0 Å². The van der Waals surface area contributed by atoms with Crippen molar-refractivity contribution in [3.8, 4) is 11.5 Å². The van der Waals surface area contributed by atoms with Gasteiger partial charge in [0.05, 0.1) is 19.8 Å². The number of hydrogen-bond donors (Lipinski definition) is 1. The number of ether oxygens (including phenoxy) is 2. The lowest BCUT2D eigenvalue weighted by atomic mass is 9.85. The largest absolute Gasteiger partial charge is 0.497 e. The van der Waals surface area contributed by atoms with Crippen LogP contribution in [0.25, 0.3) is 0 Å². The molecule has 20 heavy (non-hydrogen) atoms. The summed E-state index contributed by atoms with van der Waals surface area (Å²) >= 11 is 5.93. The third kappa shape index (κ3) is 2.74. The Balaban J connectivity index is 2.54. The fraction of sp³-hybridized carbons (Fsp3) is 0.250. The third-order valence-electron chi connectivity index (χ3n) is 3.41. The van der Waals surface area contributed by atoms with E-state index in [0.29, 0.717) is 5.02 Å². The second-order valence-corrected chi connectivity index (χ2v) is 5.21. The summed E-state index contributed by atoms with van der Waals surface area (Å²) in [5, 5.41) is 0.683. The highest BCUT2D eigenvalue weighted by molar-refractivity contribution is 6.30. The molecule has 0 saturated heterocycles. The fourth-order valence-electron chi connectivity index (χ4n) is 2.17. The maximum Gasteiger partial charge on any atom is 0.124 e. The molecule has 0 fully saturated rings. The summed E-state index contributed by atoms with van der Waals surface area (Å²) in [6.45, 7) is 1.94. The molecule has 2 aromatic rings. The van der Waals surface area contributed by atoms with E-state index < -0.39 is 5.54 Å². The lowest BCUT2D eigenvalue weighted by Crippen LogP contribution is -2.34. The van der Waals surface area contributed by atoms with E-state index in [1.807, 2.05) is 49.4 Å². The summed E-state index contributed by atoms with van der Waals surface area (Å²) in [5.41, 5.74) is 7.64. The molecule has 0 radical (unpaired) electrons. The maximum absolute atomic E-state index is 6.53. The molecule has 2 N–H and O–H groups in total. The van der Waals surface area contributed by atoms with Crippen LogP contribution in [0.4, 0.5) is 0 Å². The number of rotatable bonds is 4. The van der Waals surface area contributed by atoms with Gasteiger partial charge in [0, 0.05) is 10.6 Å². The van der Waals surface area contributed by atoms with E-state index in [2.05, 4.69) is 0 Å². The van der Waals surface area contributed by atoms with Crippen LogP contribution in [0.2, 0.25) is 5.02 Å². The topological polar surface area (TPSA) is 44.5 Å². The van der Waals surface area contributed by atoms with Crippen molar-refractivity contribution in [1.82, 2.24) is 0 Å². The molecule has 0 heterocycles. The van der Waals surface area contributed by atoms with Crippen molar-refractivity contribution in [2.75, 3.05) is 14.2 Å². The molecule has 0 amide bonds. The van der Waals surface area contributed by atoms with Gasteiger partial charge in [0.15, 0.2) is 0 Å². The molecule has 0 aliphatic carbocycles. The van der Waals surface area contributed by atoms with E-state index in [0.717, 1.165) is 22.6 Å². The maximum atomic E-state index is 6.53. The monoisotopic (exact) mass is 291 g/mol. The molecular weight excluding hydrogens is 274 g/mol. The van der Waals surface area contributed by atoms with Crippen LogP contribution in [0.15, 0.2) is 42.5 Å². The van der Waals surface area contributed by atoms with Crippen LogP contribution in [0.5, 0.6) is 11.5 Å². The van der Waals surface area contributed by atoms with E-state index in [1.54, 1.807) is 14.2 Å². The van der Waals surface area contributed by atoms with E-state index >= 15 is 0 Å². The summed E-state index contributed by atoms with van der Waals surface area (Å²) < 4.78 is 10.7. The van der Waals surface area contributed by atoms with E-state index in [-0.39, 0.29) is 0 Å². The Morgan fingerprint density at radius 1 is 1.00 bits per heavy atom. The highest BCUT2D eigenvalue weighted by Crippen LogP contribution is 2.36. The Morgan fingerprint density at radius 2 is 1.65 bits per heavy atom. The zero-order valence-corrected chi connectivity index (χ0v) is 12.6. The molecular formula is C16H18ClNO2. The average molecular weight is 292 g/mol. The molecule has 1 unspecified atom stereocenters. The molecule has 0 aromatic heterocycles. The summed E-state index contributed by atoms with van der Waals surface area (Å²) in [4.78, 5) is 0.